The van der Waals surface area contributed by atoms with Crippen LogP contribution in [0.25, 0.3) is 0 Å². The van der Waals surface area contributed by atoms with Gasteiger partial charge in [-0.15, -0.1) is 0 Å². The minimum absolute atomic E-state index is 0.204. The predicted octanol–water partition coefficient (Wildman–Crippen LogP) is 3.09. The van der Waals surface area contributed by atoms with Crippen molar-refractivity contribution in [3.63, 3.8) is 0 Å². The summed E-state index contributed by atoms with van der Waals surface area (Å²) in [7, 11) is 2.12. The maximum absolute atomic E-state index is 13.1. The third-order valence-electron chi connectivity index (χ3n) is 3.17. The van der Waals surface area contributed by atoms with Crippen LogP contribution < -0.4 is 5.32 Å². The average Bonchev–Trinajstić information content (AvgIpc) is 2.52. The Kier molecular flexibility index (Phi) is 3.50. The van der Waals surface area contributed by atoms with Crippen molar-refractivity contribution >= 4 is 21.6 Å². The van der Waals surface area contributed by atoms with Crippen LogP contribution in [0, 0.1) is 5.82 Å². The summed E-state index contributed by atoms with van der Waals surface area (Å²) in [4.78, 5) is 2.31. The number of nitrogens with zero attached hydrogens (tertiary/aromatic N) is 1. The number of anilines is 1. The number of hydrogen-bond acceptors (Lipinski definition) is 2. The van der Waals surface area contributed by atoms with E-state index in [4.69, 9.17) is 0 Å². The third kappa shape index (κ3) is 2.55. The predicted molar refractivity (Wildman–Crippen MR) is 68.2 cm³/mol. The van der Waals surface area contributed by atoms with Gasteiger partial charge in [-0.2, -0.15) is 0 Å². The quantitative estimate of drug-likeness (QED) is 0.899. The van der Waals surface area contributed by atoms with Gasteiger partial charge in [-0.3, -0.25) is 0 Å². The number of benzene rings is 1. The Morgan fingerprint density at radius 3 is 2.88 bits per heavy atom. The SMILES string of the molecule is CC1CC(Nc2cc(F)ccc2Br)CN1C. The summed E-state index contributed by atoms with van der Waals surface area (Å²) in [5, 5.41) is 3.38. The Morgan fingerprint density at radius 2 is 2.25 bits per heavy atom. The summed E-state index contributed by atoms with van der Waals surface area (Å²) >= 11 is 3.43. The van der Waals surface area contributed by atoms with Gasteiger partial charge in [-0.1, -0.05) is 0 Å². The molecule has 2 rings (SSSR count). The number of rotatable bonds is 2. The van der Waals surface area contributed by atoms with Crippen molar-refractivity contribution in [2.24, 2.45) is 0 Å². The van der Waals surface area contributed by atoms with Gasteiger partial charge in [-0.25, -0.2) is 4.39 Å². The molecule has 0 spiro atoms. The molecule has 88 valence electrons. The van der Waals surface area contributed by atoms with E-state index in [0.717, 1.165) is 23.1 Å². The molecule has 0 bridgehead atoms. The van der Waals surface area contributed by atoms with Crippen LogP contribution in [0.15, 0.2) is 22.7 Å². The largest absolute Gasteiger partial charge is 0.380 e. The van der Waals surface area contributed by atoms with Gasteiger partial charge < -0.3 is 10.2 Å². The molecule has 2 nitrogen and oxygen atoms in total. The molecule has 1 saturated heterocycles. The van der Waals surface area contributed by atoms with Crippen LogP contribution in [0.1, 0.15) is 13.3 Å². The van der Waals surface area contributed by atoms with Crippen molar-refractivity contribution in [1.29, 1.82) is 0 Å². The first-order valence-electron chi connectivity index (χ1n) is 5.48. The fourth-order valence-electron chi connectivity index (χ4n) is 2.13. The van der Waals surface area contributed by atoms with E-state index in [1.807, 2.05) is 0 Å². The van der Waals surface area contributed by atoms with Gasteiger partial charge in [0.25, 0.3) is 0 Å². The molecule has 16 heavy (non-hydrogen) atoms. The molecule has 2 atom stereocenters. The van der Waals surface area contributed by atoms with E-state index < -0.39 is 0 Å². The monoisotopic (exact) mass is 286 g/mol. The zero-order valence-electron chi connectivity index (χ0n) is 9.50. The van der Waals surface area contributed by atoms with Crippen LogP contribution in [0.4, 0.5) is 10.1 Å². The molecule has 0 radical (unpaired) electrons. The highest BCUT2D eigenvalue weighted by Crippen LogP contribution is 2.26. The van der Waals surface area contributed by atoms with E-state index in [0.29, 0.717) is 12.1 Å². The second-order valence-corrected chi connectivity index (χ2v) is 5.34. The number of hydrogen-bond donors (Lipinski definition) is 1. The number of nitrogens with one attached hydrogen (secondary N) is 1. The first-order chi connectivity index (χ1) is 7.56. The molecule has 1 aliphatic heterocycles. The van der Waals surface area contributed by atoms with E-state index in [9.17, 15) is 4.39 Å². The second-order valence-electron chi connectivity index (χ2n) is 4.49. The molecule has 1 aromatic rings. The Labute approximate surface area is 104 Å². The minimum atomic E-state index is -0.204. The Balaban J connectivity index is 2.07. The topological polar surface area (TPSA) is 15.3 Å². The highest BCUT2D eigenvalue weighted by Gasteiger charge is 2.26. The van der Waals surface area contributed by atoms with E-state index >= 15 is 0 Å². The molecule has 1 aliphatic rings. The van der Waals surface area contributed by atoms with Gasteiger partial charge >= 0.3 is 0 Å². The fourth-order valence-corrected chi connectivity index (χ4v) is 2.49. The Hall–Kier alpha value is -0.610. The molecule has 4 heteroatoms. The van der Waals surface area contributed by atoms with Crippen LogP contribution >= 0.6 is 15.9 Å². The Morgan fingerprint density at radius 1 is 1.50 bits per heavy atom. The fraction of sp³-hybridized carbons (Fsp3) is 0.500. The third-order valence-corrected chi connectivity index (χ3v) is 3.87. The maximum Gasteiger partial charge on any atom is 0.125 e. The van der Waals surface area contributed by atoms with Crippen LogP contribution in [-0.2, 0) is 0 Å². The average molecular weight is 287 g/mol. The highest BCUT2D eigenvalue weighted by molar-refractivity contribution is 9.10. The van der Waals surface area contributed by atoms with Crippen molar-refractivity contribution < 1.29 is 4.39 Å². The molecule has 2 unspecified atom stereocenters. The van der Waals surface area contributed by atoms with Crippen molar-refractivity contribution in [1.82, 2.24) is 4.90 Å². The minimum Gasteiger partial charge on any atom is -0.380 e. The summed E-state index contributed by atoms with van der Waals surface area (Å²) in [5.74, 6) is -0.204. The lowest BCUT2D eigenvalue weighted by molar-refractivity contribution is 0.330. The van der Waals surface area contributed by atoms with E-state index in [1.165, 1.54) is 12.1 Å². The zero-order valence-corrected chi connectivity index (χ0v) is 11.1. The van der Waals surface area contributed by atoms with E-state index in [2.05, 4.69) is 40.1 Å². The lowest BCUT2D eigenvalue weighted by Gasteiger charge is -2.15. The molecular weight excluding hydrogens is 271 g/mol. The normalized spacial score (nSPS) is 26.0. The molecule has 0 aliphatic carbocycles. The Bertz CT molecular complexity index is 373. The summed E-state index contributed by atoms with van der Waals surface area (Å²) in [6.45, 7) is 3.21. The summed E-state index contributed by atoms with van der Waals surface area (Å²) in [5.41, 5.74) is 0.840. The van der Waals surface area contributed by atoms with Crippen LogP contribution in [0.5, 0.6) is 0 Å². The molecule has 0 saturated carbocycles. The molecule has 1 fully saturated rings. The summed E-state index contributed by atoms with van der Waals surface area (Å²) < 4.78 is 14.0. The van der Waals surface area contributed by atoms with Gasteiger partial charge in [0.2, 0.25) is 0 Å². The number of likely N-dealkylation sites (tertiary alicyclic amines) is 1. The van der Waals surface area contributed by atoms with Gasteiger partial charge in [0.15, 0.2) is 0 Å². The van der Waals surface area contributed by atoms with Crippen LogP contribution in [-0.4, -0.2) is 30.6 Å². The first kappa shape index (κ1) is 11.9. The van der Waals surface area contributed by atoms with Crippen LogP contribution in [0.3, 0.4) is 0 Å². The zero-order chi connectivity index (χ0) is 11.7. The standard InChI is InChI=1S/C12H16BrFN2/c1-8-5-10(7-16(8)2)15-12-6-9(14)3-4-11(12)13/h3-4,6,8,10,15H,5,7H2,1-2H3. The molecule has 1 aromatic carbocycles. The van der Waals surface area contributed by atoms with Gasteiger partial charge in [0.1, 0.15) is 5.82 Å². The molecule has 1 N–H and O–H groups in total. The summed E-state index contributed by atoms with van der Waals surface area (Å²) in [6, 6.07) is 5.72. The maximum atomic E-state index is 13.1. The highest BCUT2D eigenvalue weighted by atomic mass is 79.9. The molecular formula is C12H16BrFN2. The lowest BCUT2D eigenvalue weighted by atomic mass is 10.2. The van der Waals surface area contributed by atoms with E-state index in [-0.39, 0.29) is 5.82 Å². The lowest BCUT2D eigenvalue weighted by Crippen LogP contribution is -2.25. The second kappa shape index (κ2) is 4.72. The van der Waals surface area contributed by atoms with Gasteiger partial charge in [0, 0.05) is 23.1 Å². The van der Waals surface area contributed by atoms with Crippen molar-refractivity contribution in [2.75, 3.05) is 18.9 Å². The van der Waals surface area contributed by atoms with Gasteiger partial charge in [0.05, 0.1) is 5.69 Å². The molecule has 1 heterocycles. The summed E-state index contributed by atoms with van der Waals surface area (Å²) in [6.07, 6.45) is 1.10. The first-order valence-corrected chi connectivity index (χ1v) is 6.27. The van der Waals surface area contributed by atoms with Crippen molar-refractivity contribution in [2.45, 2.75) is 25.4 Å². The van der Waals surface area contributed by atoms with Gasteiger partial charge in [-0.05, 0) is 54.5 Å². The van der Waals surface area contributed by atoms with Crippen molar-refractivity contribution in [3.05, 3.63) is 28.5 Å². The van der Waals surface area contributed by atoms with Crippen molar-refractivity contribution in [3.8, 4) is 0 Å². The molecule has 0 aromatic heterocycles. The number of halogens is 2. The van der Waals surface area contributed by atoms with Crippen LogP contribution in [0.2, 0.25) is 0 Å². The smallest absolute Gasteiger partial charge is 0.125 e. The molecule has 0 amide bonds. The van der Waals surface area contributed by atoms with E-state index in [1.54, 1.807) is 6.07 Å². The number of likely N-dealkylation sites (N-methyl/N-ethyl adjacent to an activating group) is 1.